The monoisotopic (exact) mass is 487 g/mol. The van der Waals surface area contributed by atoms with Crippen LogP contribution in [0.4, 0.5) is 13.2 Å². The van der Waals surface area contributed by atoms with E-state index < -0.39 is 11.7 Å². The number of alkyl halides is 3. The summed E-state index contributed by atoms with van der Waals surface area (Å²) in [7, 11) is 1.37. The van der Waals surface area contributed by atoms with Gasteiger partial charge in [0.05, 0.1) is 25.7 Å². The van der Waals surface area contributed by atoms with Crippen molar-refractivity contribution in [2.75, 3.05) is 26.8 Å². The topological polar surface area (TPSA) is 48.0 Å². The Morgan fingerprint density at radius 3 is 2.66 bits per heavy atom. The molecule has 0 spiro atoms. The highest BCUT2D eigenvalue weighted by molar-refractivity contribution is 5.71. The molecule has 4 atom stereocenters. The molecule has 2 aromatic carbocycles. The molecule has 2 aliphatic heterocycles. The van der Waals surface area contributed by atoms with Crippen molar-refractivity contribution in [1.29, 1.82) is 0 Å². The smallest absolute Gasteiger partial charge is 0.416 e. The fourth-order valence-corrected chi connectivity index (χ4v) is 6.10. The number of methoxy groups -OCH3 is 1. The van der Waals surface area contributed by atoms with Crippen LogP contribution in [0, 0.1) is 11.8 Å². The molecule has 2 fully saturated rings. The molecule has 2 aromatic rings. The molecule has 2 aliphatic carbocycles. The summed E-state index contributed by atoms with van der Waals surface area (Å²) in [6.07, 6.45) is -1.99. The van der Waals surface area contributed by atoms with Gasteiger partial charge in [-0.3, -0.25) is 9.69 Å². The van der Waals surface area contributed by atoms with E-state index >= 15 is 0 Å². The van der Waals surface area contributed by atoms with Crippen LogP contribution in [0.3, 0.4) is 0 Å². The van der Waals surface area contributed by atoms with Crippen molar-refractivity contribution in [2.45, 2.75) is 50.4 Å². The Morgan fingerprint density at radius 1 is 1.14 bits per heavy atom. The standard InChI is InChI=1S/C27H28F3NO4/c1-33-26(32)9-17-14-34-25-10-18(2-3-19(17)25)35-24-7-5-20-21(24)4-6-23(27(28,29)30)22(20)13-31-11-15-8-16(15)12-31/h2-4,6,10,15-17,24H,5,7-9,11-14H2,1H3/t15?,16?,17?,24-/m1/s1. The van der Waals surface area contributed by atoms with Gasteiger partial charge in [0.1, 0.15) is 17.6 Å². The van der Waals surface area contributed by atoms with E-state index in [1.165, 1.54) is 19.6 Å². The van der Waals surface area contributed by atoms with E-state index in [0.29, 0.717) is 54.9 Å². The summed E-state index contributed by atoms with van der Waals surface area (Å²) in [5, 5.41) is 0. The van der Waals surface area contributed by atoms with Crippen molar-refractivity contribution < 1.29 is 32.2 Å². The minimum absolute atomic E-state index is 0.0568. The predicted octanol–water partition coefficient (Wildman–Crippen LogP) is 5.26. The fourth-order valence-electron chi connectivity index (χ4n) is 6.10. The average Bonchev–Trinajstić information content (AvgIpc) is 3.15. The Hall–Kier alpha value is -2.74. The molecule has 2 heterocycles. The number of likely N-dealkylation sites (tertiary alicyclic amines) is 1. The van der Waals surface area contributed by atoms with Gasteiger partial charge < -0.3 is 14.2 Å². The molecule has 186 valence electrons. The molecule has 0 aromatic heterocycles. The van der Waals surface area contributed by atoms with Gasteiger partial charge in [0.2, 0.25) is 0 Å². The molecule has 1 saturated carbocycles. The van der Waals surface area contributed by atoms with E-state index in [1.807, 2.05) is 18.2 Å². The van der Waals surface area contributed by atoms with Crippen LogP contribution in [0.15, 0.2) is 30.3 Å². The van der Waals surface area contributed by atoms with Crippen LogP contribution in [0.2, 0.25) is 0 Å². The summed E-state index contributed by atoms with van der Waals surface area (Å²) in [6.45, 7) is 2.56. The van der Waals surface area contributed by atoms with Gasteiger partial charge in [0.25, 0.3) is 0 Å². The average molecular weight is 488 g/mol. The number of hydrogen-bond donors (Lipinski definition) is 0. The van der Waals surface area contributed by atoms with Crippen molar-refractivity contribution >= 4 is 5.97 Å². The molecule has 0 bridgehead atoms. The number of halogens is 3. The predicted molar refractivity (Wildman–Crippen MR) is 121 cm³/mol. The van der Waals surface area contributed by atoms with Crippen molar-refractivity contribution in [2.24, 2.45) is 11.8 Å². The Kier molecular flexibility index (Phi) is 5.47. The second-order valence-electron chi connectivity index (χ2n) is 10.2. The summed E-state index contributed by atoms with van der Waals surface area (Å²) in [4.78, 5) is 13.8. The first kappa shape index (κ1) is 22.7. The lowest BCUT2D eigenvalue weighted by molar-refractivity contribution is -0.141. The van der Waals surface area contributed by atoms with Gasteiger partial charge in [-0.25, -0.2) is 0 Å². The SMILES string of the molecule is COC(=O)CC1COc2cc(O[C@@H]3CCc4c3ccc(C(F)(F)F)c4CN3CC4CC4C3)ccc21. The van der Waals surface area contributed by atoms with E-state index in [9.17, 15) is 18.0 Å². The molecule has 0 radical (unpaired) electrons. The first-order chi connectivity index (χ1) is 16.8. The molecule has 5 nitrogen and oxygen atoms in total. The van der Waals surface area contributed by atoms with Gasteiger partial charge in [-0.2, -0.15) is 13.2 Å². The normalized spacial score (nSPS) is 26.6. The highest BCUT2D eigenvalue weighted by atomic mass is 19.4. The Balaban J connectivity index is 1.23. The number of ether oxygens (including phenoxy) is 3. The van der Waals surface area contributed by atoms with Crippen LogP contribution in [0.1, 0.15) is 59.1 Å². The number of nitrogens with zero attached hydrogens (tertiary/aromatic N) is 1. The molecule has 1 saturated heterocycles. The maximum atomic E-state index is 13.9. The molecule has 0 N–H and O–H groups in total. The minimum Gasteiger partial charge on any atom is -0.492 e. The molecule has 35 heavy (non-hydrogen) atoms. The molecule has 4 aliphatic rings. The zero-order valence-electron chi connectivity index (χ0n) is 19.6. The number of carbonyl (C=O) groups is 1. The lowest BCUT2D eigenvalue weighted by Gasteiger charge is -2.24. The maximum absolute atomic E-state index is 13.9. The van der Waals surface area contributed by atoms with E-state index in [1.54, 1.807) is 6.07 Å². The van der Waals surface area contributed by atoms with Crippen LogP contribution in [-0.2, 0) is 28.7 Å². The van der Waals surface area contributed by atoms with Gasteiger partial charge in [0, 0.05) is 37.2 Å². The minimum atomic E-state index is -4.37. The number of benzene rings is 2. The zero-order chi connectivity index (χ0) is 24.3. The summed E-state index contributed by atoms with van der Waals surface area (Å²) < 4.78 is 58.5. The zero-order valence-corrected chi connectivity index (χ0v) is 19.6. The third kappa shape index (κ3) is 4.26. The second-order valence-corrected chi connectivity index (χ2v) is 10.2. The van der Waals surface area contributed by atoms with Crippen molar-refractivity contribution in [1.82, 2.24) is 4.90 Å². The lowest BCUT2D eigenvalue weighted by Crippen LogP contribution is -2.25. The molecular weight excluding hydrogens is 459 g/mol. The number of fused-ring (bicyclic) bond motifs is 3. The number of piperidine rings is 1. The first-order valence-electron chi connectivity index (χ1n) is 12.2. The summed E-state index contributed by atoms with van der Waals surface area (Å²) in [6, 6.07) is 8.38. The summed E-state index contributed by atoms with van der Waals surface area (Å²) >= 11 is 0. The van der Waals surface area contributed by atoms with Crippen LogP contribution < -0.4 is 9.47 Å². The highest BCUT2D eigenvalue weighted by Gasteiger charge is 2.46. The molecule has 8 heteroatoms. The highest BCUT2D eigenvalue weighted by Crippen LogP contribution is 2.48. The number of esters is 1. The maximum Gasteiger partial charge on any atom is 0.416 e. The van der Waals surface area contributed by atoms with Gasteiger partial charge in [0.15, 0.2) is 0 Å². The van der Waals surface area contributed by atoms with Crippen molar-refractivity contribution in [3.63, 3.8) is 0 Å². The van der Waals surface area contributed by atoms with E-state index in [4.69, 9.17) is 14.2 Å². The molecule has 3 unspecified atom stereocenters. The van der Waals surface area contributed by atoms with E-state index in [-0.39, 0.29) is 24.4 Å². The van der Waals surface area contributed by atoms with Crippen LogP contribution >= 0.6 is 0 Å². The Bertz CT molecular complexity index is 1150. The molecule has 0 amide bonds. The van der Waals surface area contributed by atoms with E-state index in [0.717, 1.165) is 29.8 Å². The molecule has 6 rings (SSSR count). The number of carbonyl (C=O) groups excluding carboxylic acids is 1. The van der Waals surface area contributed by atoms with Crippen molar-refractivity contribution in [3.8, 4) is 11.5 Å². The summed E-state index contributed by atoms with van der Waals surface area (Å²) in [5.74, 6) is 2.29. The third-order valence-corrected chi connectivity index (χ3v) is 8.00. The summed E-state index contributed by atoms with van der Waals surface area (Å²) in [5.41, 5.74) is 2.49. The largest absolute Gasteiger partial charge is 0.492 e. The van der Waals surface area contributed by atoms with Gasteiger partial charge in [-0.1, -0.05) is 12.1 Å². The van der Waals surface area contributed by atoms with Crippen LogP contribution in [-0.4, -0.2) is 37.7 Å². The van der Waals surface area contributed by atoms with Crippen LogP contribution in [0.25, 0.3) is 0 Å². The lowest BCUT2D eigenvalue weighted by atomic mass is 9.96. The number of rotatable bonds is 6. The quantitative estimate of drug-likeness (QED) is 0.520. The van der Waals surface area contributed by atoms with E-state index in [2.05, 4.69) is 4.90 Å². The second kappa shape index (κ2) is 8.43. The molecular formula is C27H28F3NO4. The Labute approximate surface area is 202 Å². The Morgan fingerprint density at radius 2 is 1.91 bits per heavy atom. The van der Waals surface area contributed by atoms with Gasteiger partial charge in [-0.15, -0.1) is 0 Å². The number of hydrogen-bond acceptors (Lipinski definition) is 5. The van der Waals surface area contributed by atoms with Crippen molar-refractivity contribution in [3.05, 3.63) is 58.1 Å². The van der Waals surface area contributed by atoms with Gasteiger partial charge in [-0.05, 0) is 59.9 Å². The first-order valence-corrected chi connectivity index (χ1v) is 12.2. The van der Waals surface area contributed by atoms with Crippen LogP contribution in [0.5, 0.6) is 11.5 Å². The fraction of sp³-hybridized carbons (Fsp3) is 0.519. The van der Waals surface area contributed by atoms with Gasteiger partial charge >= 0.3 is 12.1 Å². The third-order valence-electron chi connectivity index (χ3n) is 8.00.